The molecule has 0 aromatic heterocycles. The smallest absolute Gasteiger partial charge is 0.128 e. The van der Waals surface area contributed by atoms with E-state index in [1.165, 1.54) is 31.7 Å². The lowest BCUT2D eigenvalue weighted by Gasteiger charge is -2.42. The molecule has 1 aliphatic heterocycles. The summed E-state index contributed by atoms with van der Waals surface area (Å²) in [6.07, 6.45) is 6.82. The Balaban J connectivity index is 2.29. The molecule has 0 saturated carbocycles. The highest BCUT2D eigenvalue weighted by molar-refractivity contribution is 5.28. The summed E-state index contributed by atoms with van der Waals surface area (Å²) in [5.74, 6) is -0.171. The van der Waals surface area contributed by atoms with Gasteiger partial charge in [0.25, 0.3) is 0 Å². The zero-order valence-electron chi connectivity index (χ0n) is 13.4. The van der Waals surface area contributed by atoms with Gasteiger partial charge in [0, 0.05) is 11.6 Å². The first-order chi connectivity index (χ1) is 10.1. The van der Waals surface area contributed by atoms with Crippen molar-refractivity contribution >= 4 is 0 Å². The molecule has 2 rings (SSSR count). The third-order valence-corrected chi connectivity index (χ3v) is 4.97. The molecule has 1 heterocycles. The minimum atomic E-state index is -0.607. The third-order valence-electron chi connectivity index (χ3n) is 4.97. The van der Waals surface area contributed by atoms with Gasteiger partial charge in [-0.2, -0.15) is 0 Å². The van der Waals surface area contributed by atoms with Crippen molar-refractivity contribution < 1.29 is 4.39 Å². The lowest BCUT2D eigenvalue weighted by atomic mass is 9.79. The molecule has 1 fully saturated rings. The first-order valence-electron chi connectivity index (χ1n) is 8.37. The van der Waals surface area contributed by atoms with Gasteiger partial charge in [0.05, 0.1) is 5.54 Å². The summed E-state index contributed by atoms with van der Waals surface area (Å²) in [5, 5.41) is 0. The van der Waals surface area contributed by atoms with Gasteiger partial charge in [-0.25, -0.2) is 4.39 Å². The number of nitrogens with zero attached hydrogens (tertiary/aromatic N) is 1. The molecule has 1 saturated heterocycles. The Labute approximate surface area is 128 Å². The standard InChI is InChI=1S/C18H29FN2/c1-3-12-18(20,16-10-6-7-11-17(16)19)15(2)21-13-8-4-5-9-14-21/h6-7,10-11,15H,3-5,8-9,12-14,20H2,1-2H3. The van der Waals surface area contributed by atoms with Gasteiger partial charge in [-0.3, -0.25) is 4.90 Å². The van der Waals surface area contributed by atoms with E-state index in [0.717, 1.165) is 25.9 Å². The minimum absolute atomic E-state index is 0.160. The molecule has 1 aromatic carbocycles. The SMILES string of the molecule is CCCC(N)(c1ccccc1F)C(C)N1CCCCCC1. The molecule has 2 N–H and O–H groups in total. The highest BCUT2D eigenvalue weighted by Crippen LogP contribution is 2.33. The number of benzene rings is 1. The van der Waals surface area contributed by atoms with Crippen LogP contribution in [0.2, 0.25) is 0 Å². The first-order valence-corrected chi connectivity index (χ1v) is 8.37. The maximum atomic E-state index is 14.3. The van der Waals surface area contributed by atoms with Gasteiger partial charge in [0.1, 0.15) is 5.82 Å². The van der Waals surface area contributed by atoms with Crippen LogP contribution in [0, 0.1) is 5.82 Å². The summed E-state index contributed by atoms with van der Waals surface area (Å²) in [7, 11) is 0. The number of rotatable bonds is 5. The quantitative estimate of drug-likeness (QED) is 0.887. The molecule has 2 nitrogen and oxygen atoms in total. The van der Waals surface area contributed by atoms with Crippen molar-refractivity contribution in [1.82, 2.24) is 4.90 Å². The lowest BCUT2D eigenvalue weighted by Crippen LogP contribution is -2.55. The highest BCUT2D eigenvalue weighted by atomic mass is 19.1. The summed E-state index contributed by atoms with van der Waals surface area (Å²) in [5.41, 5.74) is 6.84. The highest BCUT2D eigenvalue weighted by Gasteiger charge is 2.38. The van der Waals surface area contributed by atoms with Crippen molar-refractivity contribution in [3.8, 4) is 0 Å². The molecule has 0 amide bonds. The number of hydrogen-bond donors (Lipinski definition) is 1. The lowest BCUT2D eigenvalue weighted by molar-refractivity contribution is 0.125. The van der Waals surface area contributed by atoms with Crippen molar-refractivity contribution in [3.63, 3.8) is 0 Å². The average Bonchev–Trinajstić information content (AvgIpc) is 2.76. The number of likely N-dealkylation sites (tertiary alicyclic amines) is 1. The fraction of sp³-hybridized carbons (Fsp3) is 0.667. The summed E-state index contributed by atoms with van der Waals surface area (Å²) in [4.78, 5) is 2.47. The van der Waals surface area contributed by atoms with E-state index in [-0.39, 0.29) is 11.9 Å². The van der Waals surface area contributed by atoms with E-state index in [4.69, 9.17) is 5.73 Å². The summed E-state index contributed by atoms with van der Waals surface area (Å²) in [6.45, 7) is 6.46. The van der Waals surface area contributed by atoms with Gasteiger partial charge in [0.15, 0.2) is 0 Å². The fourth-order valence-electron chi connectivity index (χ4n) is 3.63. The summed E-state index contributed by atoms with van der Waals surface area (Å²) >= 11 is 0. The fourth-order valence-corrected chi connectivity index (χ4v) is 3.63. The van der Waals surface area contributed by atoms with Crippen LogP contribution < -0.4 is 5.73 Å². The maximum Gasteiger partial charge on any atom is 0.128 e. The van der Waals surface area contributed by atoms with Crippen LogP contribution >= 0.6 is 0 Å². The summed E-state index contributed by atoms with van der Waals surface area (Å²) < 4.78 is 14.3. The van der Waals surface area contributed by atoms with E-state index < -0.39 is 5.54 Å². The van der Waals surface area contributed by atoms with Crippen molar-refractivity contribution in [3.05, 3.63) is 35.6 Å². The van der Waals surface area contributed by atoms with Crippen LogP contribution in [-0.2, 0) is 5.54 Å². The molecule has 0 aliphatic carbocycles. The third kappa shape index (κ3) is 3.64. The largest absolute Gasteiger partial charge is 0.320 e. The Morgan fingerprint density at radius 3 is 2.38 bits per heavy atom. The average molecular weight is 292 g/mol. The van der Waals surface area contributed by atoms with Gasteiger partial charge >= 0.3 is 0 Å². The van der Waals surface area contributed by atoms with Crippen LogP contribution in [0.1, 0.15) is 57.9 Å². The second kappa shape index (κ2) is 7.37. The Kier molecular flexibility index (Phi) is 5.77. The van der Waals surface area contributed by atoms with E-state index in [1.807, 2.05) is 12.1 Å². The molecule has 21 heavy (non-hydrogen) atoms. The van der Waals surface area contributed by atoms with E-state index in [9.17, 15) is 4.39 Å². The zero-order chi connectivity index (χ0) is 15.3. The molecule has 0 spiro atoms. The van der Waals surface area contributed by atoms with Gasteiger partial charge in [-0.15, -0.1) is 0 Å². The molecule has 118 valence electrons. The molecule has 3 heteroatoms. The Morgan fingerprint density at radius 2 is 1.81 bits per heavy atom. The van der Waals surface area contributed by atoms with Crippen LogP contribution in [-0.4, -0.2) is 24.0 Å². The Bertz CT molecular complexity index is 441. The minimum Gasteiger partial charge on any atom is -0.320 e. The van der Waals surface area contributed by atoms with Crippen LogP contribution in [0.3, 0.4) is 0 Å². The molecule has 0 radical (unpaired) electrons. The normalized spacial score (nSPS) is 21.5. The van der Waals surface area contributed by atoms with Crippen molar-refractivity contribution in [1.29, 1.82) is 0 Å². The van der Waals surface area contributed by atoms with Gasteiger partial charge < -0.3 is 5.73 Å². The van der Waals surface area contributed by atoms with Crippen molar-refractivity contribution in [2.75, 3.05) is 13.1 Å². The van der Waals surface area contributed by atoms with Crippen LogP contribution in [0.25, 0.3) is 0 Å². The predicted octanol–water partition coefficient (Wildman–Crippen LogP) is 4.04. The number of hydrogen-bond acceptors (Lipinski definition) is 2. The Hall–Kier alpha value is -0.930. The Morgan fingerprint density at radius 1 is 1.19 bits per heavy atom. The second-order valence-corrected chi connectivity index (χ2v) is 6.40. The maximum absolute atomic E-state index is 14.3. The summed E-state index contributed by atoms with van der Waals surface area (Å²) in [6, 6.07) is 7.18. The topological polar surface area (TPSA) is 29.3 Å². The second-order valence-electron chi connectivity index (χ2n) is 6.40. The first kappa shape index (κ1) is 16.4. The van der Waals surface area contributed by atoms with E-state index in [1.54, 1.807) is 6.07 Å². The van der Waals surface area contributed by atoms with Crippen molar-refractivity contribution in [2.24, 2.45) is 5.73 Å². The predicted molar refractivity (Wildman–Crippen MR) is 86.7 cm³/mol. The van der Waals surface area contributed by atoms with E-state index >= 15 is 0 Å². The number of halogens is 1. The van der Waals surface area contributed by atoms with E-state index in [2.05, 4.69) is 18.7 Å². The molecular weight excluding hydrogens is 263 g/mol. The van der Waals surface area contributed by atoms with Crippen LogP contribution in [0.15, 0.2) is 24.3 Å². The van der Waals surface area contributed by atoms with Crippen molar-refractivity contribution in [2.45, 2.75) is 64.0 Å². The molecule has 0 bridgehead atoms. The monoisotopic (exact) mass is 292 g/mol. The van der Waals surface area contributed by atoms with Crippen LogP contribution in [0.4, 0.5) is 4.39 Å². The molecule has 2 atom stereocenters. The zero-order valence-corrected chi connectivity index (χ0v) is 13.4. The molecule has 1 aliphatic rings. The molecule has 2 unspecified atom stereocenters. The number of nitrogens with two attached hydrogens (primary N) is 1. The molecular formula is C18H29FN2. The van der Waals surface area contributed by atoms with E-state index in [0.29, 0.717) is 5.56 Å². The van der Waals surface area contributed by atoms with Crippen LogP contribution in [0.5, 0.6) is 0 Å². The van der Waals surface area contributed by atoms with Gasteiger partial charge in [0.2, 0.25) is 0 Å². The van der Waals surface area contributed by atoms with Gasteiger partial charge in [-0.05, 0) is 45.3 Å². The van der Waals surface area contributed by atoms with Gasteiger partial charge in [-0.1, -0.05) is 44.4 Å². The molecule has 1 aromatic rings.